The minimum absolute atomic E-state index is 0.0302. The molecular weight excluding hydrogens is 271 g/mol. The summed E-state index contributed by atoms with van der Waals surface area (Å²) in [5, 5.41) is 2.75. The topological polar surface area (TPSA) is 67.1 Å². The van der Waals surface area contributed by atoms with Crippen molar-refractivity contribution in [1.82, 2.24) is 5.32 Å². The van der Waals surface area contributed by atoms with E-state index in [1.165, 1.54) is 0 Å². The number of carbonyl (C=O) groups is 1. The van der Waals surface area contributed by atoms with Crippen LogP contribution in [0, 0.1) is 0 Å². The SMILES string of the molecule is NNc1ccc(C(F)(F)F)cc1C(=O)NC1CCCC1. The van der Waals surface area contributed by atoms with Gasteiger partial charge in [0.15, 0.2) is 0 Å². The van der Waals surface area contributed by atoms with E-state index in [4.69, 9.17) is 5.84 Å². The number of hydrogen-bond acceptors (Lipinski definition) is 3. The first-order valence-electron chi connectivity index (χ1n) is 6.40. The molecule has 0 unspecified atom stereocenters. The lowest BCUT2D eigenvalue weighted by atomic mass is 10.1. The second-order valence-electron chi connectivity index (χ2n) is 4.86. The zero-order valence-electron chi connectivity index (χ0n) is 10.8. The van der Waals surface area contributed by atoms with Gasteiger partial charge in [0.1, 0.15) is 0 Å². The fraction of sp³-hybridized carbons (Fsp3) is 0.462. The predicted molar refractivity (Wildman–Crippen MR) is 69.0 cm³/mol. The maximum Gasteiger partial charge on any atom is 0.416 e. The van der Waals surface area contributed by atoms with E-state index < -0.39 is 17.6 Å². The summed E-state index contributed by atoms with van der Waals surface area (Å²) in [6.07, 6.45) is -0.729. The lowest BCUT2D eigenvalue weighted by molar-refractivity contribution is -0.137. The number of amides is 1. The molecule has 1 saturated carbocycles. The van der Waals surface area contributed by atoms with Crippen LogP contribution in [0.2, 0.25) is 0 Å². The molecular formula is C13H16F3N3O. The number of anilines is 1. The van der Waals surface area contributed by atoms with Gasteiger partial charge in [0, 0.05) is 6.04 Å². The number of benzene rings is 1. The molecule has 20 heavy (non-hydrogen) atoms. The van der Waals surface area contributed by atoms with Crippen molar-refractivity contribution < 1.29 is 18.0 Å². The van der Waals surface area contributed by atoms with Crippen molar-refractivity contribution >= 4 is 11.6 Å². The number of hydrazine groups is 1. The molecule has 0 heterocycles. The summed E-state index contributed by atoms with van der Waals surface area (Å²) >= 11 is 0. The molecule has 2 rings (SSSR count). The number of hydrogen-bond donors (Lipinski definition) is 3. The van der Waals surface area contributed by atoms with Crippen molar-refractivity contribution in [3.8, 4) is 0 Å². The highest BCUT2D eigenvalue weighted by Crippen LogP contribution is 2.32. The summed E-state index contributed by atoms with van der Waals surface area (Å²) in [7, 11) is 0. The molecule has 110 valence electrons. The minimum Gasteiger partial charge on any atom is -0.349 e. The van der Waals surface area contributed by atoms with Gasteiger partial charge in [-0.05, 0) is 31.0 Å². The van der Waals surface area contributed by atoms with Crippen LogP contribution in [0.4, 0.5) is 18.9 Å². The molecule has 7 heteroatoms. The van der Waals surface area contributed by atoms with E-state index in [0.717, 1.165) is 43.9 Å². The Bertz CT molecular complexity index is 496. The van der Waals surface area contributed by atoms with Gasteiger partial charge in [0.2, 0.25) is 0 Å². The molecule has 0 radical (unpaired) electrons. The van der Waals surface area contributed by atoms with Crippen LogP contribution in [-0.2, 0) is 6.18 Å². The molecule has 1 amide bonds. The Morgan fingerprint density at radius 3 is 2.45 bits per heavy atom. The van der Waals surface area contributed by atoms with Crippen LogP contribution in [0.3, 0.4) is 0 Å². The maximum atomic E-state index is 12.7. The van der Waals surface area contributed by atoms with Crippen LogP contribution in [0.25, 0.3) is 0 Å². The first-order chi connectivity index (χ1) is 9.41. The summed E-state index contributed by atoms with van der Waals surface area (Å²) in [6.45, 7) is 0. The Labute approximate surface area is 114 Å². The average Bonchev–Trinajstić information content (AvgIpc) is 2.89. The van der Waals surface area contributed by atoms with Gasteiger partial charge in [-0.1, -0.05) is 12.8 Å². The smallest absolute Gasteiger partial charge is 0.349 e. The van der Waals surface area contributed by atoms with E-state index >= 15 is 0 Å². The molecule has 0 aromatic heterocycles. The number of alkyl halides is 3. The highest BCUT2D eigenvalue weighted by Gasteiger charge is 2.32. The lowest BCUT2D eigenvalue weighted by Crippen LogP contribution is -2.33. The molecule has 4 nitrogen and oxygen atoms in total. The van der Waals surface area contributed by atoms with E-state index in [2.05, 4.69) is 10.7 Å². The van der Waals surface area contributed by atoms with Crippen molar-refractivity contribution in [2.75, 3.05) is 5.43 Å². The zero-order valence-corrected chi connectivity index (χ0v) is 10.8. The number of rotatable bonds is 3. The summed E-state index contributed by atoms with van der Waals surface area (Å²) in [5.74, 6) is 4.71. The van der Waals surface area contributed by atoms with Crippen LogP contribution in [0.5, 0.6) is 0 Å². The van der Waals surface area contributed by atoms with Gasteiger partial charge in [0.25, 0.3) is 5.91 Å². The molecule has 0 atom stereocenters. The first-order valence-corrected chi connectivity index (χ1v) is 6.40. The van der Waals surface area contributed by atoms with Crippen LogP contribution in [-0.4, -0.2) is 11.9 Å². The highest BCUT2D eigenvalue weighted by molar-refractivity contribution is 6.00. The van der Waals surface area contributed by atoms with Crippen molar-refractivity contribution in [2.45, 2.75) is 37.9 Å². The molecule has 1 aliphatic carbocycles. The Balaban J connectivity index is 2.25. The fourth-order valence-corrected chi connectivity index (χ4v) is 2.37. The maximum absolute atomic E-state index is 12.7. The summed E-state index contributed by atoms with van der Waals surface area (Å²) in [5.41, 5.74) is 1.47. The largest absolute Gasteiger partial charge is 0.416 e. The molecule has 1 aliphatic rings. The van der Waals surface area contributed by atoms with E-state index in [1.807, 2.05) is 0 Å². The van der Waals surface area contributed by atoms with Gasteiger partial charge in [-0.15, -0.1) is 0 Å². The number of nitrogen functional groups attached to an aromatic ring is 1. The number of carbonyl (C=O) groups excluding carboxylic acids is 1. The highest BCUT2D eigenvalue weighted by atomic mass is 19.4. The molecule has 0 spiro atoms. The quantitative estimate of drug-likeness (QED) is 0.591. The third-order valence-corrected chi connectivity index (χ3v) is 3.44. The van der Waals surface area contributed by atoms with Gasteiger partial charge in [0.05, 0.1) is 16.8 Å². The lowest BCUT2D eigenvalue weighted by Gasteiger charge is -2.16. The predicted octanol–water partition coefficient (Wildman–Crippen LogP) is 2.66. The van der Waals surface area contributed by atoms with Crippen molar-refractivity contribution in [1.29, 1.82) is 0 Å². The third kappa shape index (κ3) is 3.22. The third-order valence-electron chi connectivity index (χ3n) is 3.44. The van der Waals surface area contributed by atoms with Crippen LogP contribution < -0.4 is 16.6 Å². The number of nitrogens with two attached hydrogens (primary N) is 1. The summed E-state index contributed by atoms with van der Waals surface area (Å²) in [4.78, 5) is 12.1. The van der Waals surface area contributed by atoms with E-state index in [1.54, 1.807) is 0 Å². The molecule has 0 bridgehead atoms. The number of nitrogens with one attached hydrogen (secondary N) is 2. The van der Waals surface area contributed by atoms with Gasteiger partial charge in [-0.2, -0.15) is 13.2 Å². The van der Waals surface area contributed by atoms with Crippen LogP contribution in [0.15, 0.2) is 18.2 Å². The molecule has 1 aromatic rings. The fourth-order valence-electron chi connectivity index (χ4n) is 2.37. The van der Waals surface area contributed by atoms with Gasteiger partial charge in [-0.25, -0.2) is 0 Å². The van der Waals surface area contributed by atoms with E-state index in [9.17, 15) is 18.0 Å². The second kappa shape index (κ2) is 5.70. The average molecular weight is 287 g/mol. The first kappa shape index (κ1) is 14.6. The molecule has 0 aliphatic heterocycles. The standard InChI is InChI=1S/C13H16F3N3O/c14-13(15,16)8-5-6-11(19-17)10(7-8)12(20)18-9-3-1-2-4-9/h5-7,9,19H,1-4,17H2,(H,18,20). The number of halogens is 3. The van der Waals surface area contributed by atoms with Gasteiger partial charge in [-0.3, -0.25) is 10.6 Å². The summed E-state index contributed by atoms with van der Waals surface area (Å²) in [6, 6.07) is 2.90. The Morgan fingerprint density at radius 1 is 1.25 bits per heavy atom. The van der Waals surface area contributed by atoms with E-state index in [-0.39, 0.29) is 17.3 Å². The van der Waals surface area contributed by atoms with Gasteiger partial charge >= 0.3 is 6.18 Å². The van der Waals surface area contributed by atoms with Crippen LogP contribution >= 0.6 is 0 Å². The van der Waals surface area contributed by atoms with Gasteiger partial charge < -0.3 is 10.7 Å². The summed E-state index contributed by atoms with van der Waals surface area (Å²) < 4.78 is 38.1. The second-order valence-corrected chi connectivity index (χ2v) is 4.86. The molecule has 1 aromatic carbocycles. The monoisotopic (exact) mass is 287 g/mol. The molecule has 1 fully saturated rings. The Hall–Kier alpha value is -1.76. The van der Waals surface area contributed by atoms with E-state index in [0.29, 0.717) is 0 Å². The minimum atomic E-state index is -4.49. The van der Waals surface area contributed by atoms with Crippen molar-refractivity contribution in [3.05, 3.63) is 29.3 Å². The zero-order chi connectivity index (χ0) is 14.8. The van der Waals surface area contributed by atoms with Crippen LogP contribution in [0.1, 0.15) is 41.6 Å². The molecule has 4 N–H and O–H groups in total. The normalized spacial score (nSPS) is 16.2. The van der Waals surface area contributed by atoms with Crippen molar-refractivity contribution in [2.24, 2.45) is 5.84 Å². The Morgan fingerprint density at radius 2 is 1.90 bits per heavy atom. The van der Waals surface area contributed by atoms with Crippen molar-refractivity contribution in [3.63, 3.8) is 0 Å². The Kier molecular flexibility index (Phi) is 4.17. The molecule has 0 saturated heterocycles.